The van der Waals surface area contributed by atoms with Crippen LogP contribution in [-0.4, -0.2) is 6.04 Å². The van der Waals surface area contributed by atoms with Crippen molar-refractivity contribution >= 4 is 0 Å². The molecule has 0 saturated carbocycles. The highest BCUT2D eigenvalue weighted by Gasteiger charge is 2.07. The molecule has 0 aliphatic carbocycles. The van der Waals surface area contributed by atoms with Crippen LogP contribution >= 0.6 is 0 Å². The van der Waals surface area contributed by atoms with Crippen molar-refractivity contribution in [1.29, 1.82) is 0 Å². The fraction of sp³-hybridized carbons (Fsp3) is 0.625. The zero-order chi connectivity index (χ0) is 13.4. The van der Waals surface area contributed by atoms with Gasteiger partial charge in [-0.1, -0.05) is 45.1 Å². The van der Waals surface area contributed by atoms with Gasteiger partial charge in [0.05, 0.1) is 0 Å². The van der Waals surface area contributed by atoms with Gasteiger partial charge in [-0.15, -0.1) is 0 Å². The van der Waals surface area contributed by atoms with Crippen LogP contribution in [-0.2, 0) is 6.42 Å². The first-order chi connectivity index (χ1) is 8.63. The summed E-state index contributed by atoms with van der Waals surface area (Å²) in [7, 11) is 0. The minimum absolute atomic E-state index is 0.163. The largest absolute Gasteiger partial charge is 0.327 e. The van der Waals surface area contributed by atoms with Gasteiger partial charge in [0, 0.05) is 6.04 Å². The number of nitrogens with two attached hydrogens (primary N) is 1. The molecule has 0 aliphatic heterocycles. The maximum absolute atomic E-state index is 13.0. The normalized spacial score (nSPS) is 12.7. The average molecular weight is 251 g/mol. The zero-order valence-corrected chi connectivity index (χ0v) is 11.7. The van der Waals surface area contributed by atoms with Crippen LogP contribution in [0, 0.1) is 12.7 Å². The Balaban J connectivity index is 2.28. The Morgan fingerprint density at radius 3 is 2.56 bits per heavy atom. The van der Waals surface area contributed by atoms with Crippen LogP contribution < -0.4 is 5.73 Å². The maximum atomic E-state index is 13.0. The molecule has 1 unspecified atom stereocenters. The molecule has 102 valence electrons. The molecule has 1 rings (SSSR count). The third-order valence-corrected chi connectivity index (χ3v) is 3.47. The second kappa shape index (κ2) is 8.25. The summed E-state index contributed by atoms with van der Waals surface area (Å²) in [5.41, 5.74) is 8.32. The molecule has 1 aromatic rings. The maximum Gasteiger partial charge on any atom is 0.123 e. The highest BCUT2D eigenvalue weighted by Crippen LogP contribution is 2.14. The average Bonchev–Trinajstić information content (AvgIpc) is 2.32. The van der Waals surface area contributed by atoms with E-state index in [1.165, 1.54) is 43.7 Å². The predicted molar refractivity (Wildman–Crippen MR) is 76.2 cm³/mol. The molecule has 1 aromatic carbocycles. The molecule has 18 heavy (non-hydrogen) atoms. The first-order valence-corrected chi connectivity index (χ1v) is 7.14. The van der Waals surface area contributed by atoms with E-state index in [9.17, 15) is 4.39 Å². The number of unbranched alkanes of at least 4 members (excludes halogenated alkanes) is 4. The highest BCUT2D eigenvalue weighted by atomic mass is 19.1. The van der Waals surface area contributed by atoms with E-state index >= 15 is 0 Å². The molecule has 0 amide bonds. The summed E-state index contributed by atoms with van der Waals surface area (Å²) in [6.45, 7) is 4.18. The van der Waals surface area contributed by atoms with Gasteiger partial charge >= 0.3 is 0 Å². The van der Waals surface area contributed by atoms with Gasteiger partial charge in [-0.2, -0.15) is 0 Å². The summed E-state index contributed by atoms with van der Waals surface area (Å²) >= 11 is 0. The summed E-state index contributed by atoms with van der Waals surface area (Å²) < 4.78 is 13.0. The lowest BCUT2D eigenvalue weighted by Gasteiger charge is -2.13. The molecule has 0 radical (unpaired) electrons. The Morgan fingerprint density at radius 2 is 1.89 bits per heavy atom. The van der Waals surface area contributed by atoms with Crippen molar-refractivity contribution < 1.29 is 4.39 Å². The molecule has 1 nitrogen and oxygen atoms in total. The van der Waals surface area contributed by atoms with Gasteiger partial charge in [0.1, 0.15) is 5.82 Å². The van der Waals surface area contributed by atoms with Crippen molar-refractivity contribution in [1.82, 2.24) is 0 Å². The van der Waals surface area contributed by atoms with Crippen molar-refractivity contribution in [2.24, 2.45) is 5.73 Å². The summed E-state index contributed by atoms with van der Waals surface area (Å²) in [5.74, 6) is -0.163. The van der Waals surface area contributed by atoms with E-state index in [2.05, 4.69) is 6.92 Å². The minimum Gasteiger partial charge on any atom is -0.327 e. The van der Waals surface area contributed by atoms with Gasteiger partial charge in [0.25, 0.3) is 0 Å². The van der Waals surface area contributed by atoms with E-state index < -0.39 is 0 Å². The summed E-state index contributed by atoms with van der Waals surface area (Å²) in [4.78, 5) is 0. The van der Waals surface area contributed by atoms with E-state index in [0.29, 0.717) is 0 Å². The SMILES string of the molecule is CCCCCCCC(N)Cc1ccc(F)cc1C. The molecular weight excluding hydrogens is 225 g/mol. The Kier molecular flexibility index (Phi) is 6.96. The Bertz CT molecular complexity index is 349. The molecule has 0 aliphatic rings. The van der Waals surface area contributed by atoms with Gasteiger partial charge in [-0.05, 0) is 43.0 Å². The first kappa shape index (κ1) is 15.2. The van der Waals surface area contributed by atoms with Crippen molar-refractivity contribution in [2.75, 3.05) is 0 Å². The van der Waals surface area contributed by atoms with Crippen LogP contribution in [0.4, 0.5) is 4.39 Å². The van der Waals surface area contributed by atoms with Crippen LogP contribution in [0.5, 0.6) is 0 Å². The second-order valence-corrected chi connectivity index (χ2v) is 5.24. The molecule has 0 spiro atoms. The number of rotatable bonds is 8. The lowest BCUT2D eigenvalue weighted by atomic mass is 9.97. The van der Waals surface area contributed by atoms with Crippen molar-refractivity contribution in [3.05, 3.63) is 35.1 Å². The molecule has 0 fully saturated rings. The van der Waals surface area contributed by atoms with Crippen molar-refractivity contribution in [3.8, 4) is 0 Å². The van der Waals surface area contributed by atoms with Crippen LogP contribution in [0.1, 0.15) is 56.6 Å². The zero-order valence-electron chi connectivity index (χ0n) is 11.7. The smallest absolute Gasteiger partial charge is 0.123 e. The summed E-state index contributed by atoms with van der Waals surface area (Å²) in [5, 5.41) is 0. The van der Waals surface area contributed by atoms with E-state index in [1.54, 1.807) is 6.07 Å². The fourth-order valence-corrected chi connectivity index (χ4v) is 2.28. The van der Waals surface area contributed by atoms with E-state index in [1.807, 2.05) is 13.0 Å². The summed E-state index contributed by atoms with van der Waals surface area (Å²) in [6.07, 6.45) is 8.34. The number of benzene rings is 1. The molecular formula is C16H26FN. The highest BCUT2D eigenvalue weighted by molar-refractivity contribution is 5.27. The minimum atomic E-state index is -0.163. The third kappa shape index (κ3) is 5.63. The van der Waals surface area contributed by atoms with E-state index in [0.717, 1.165) is 18.4 Å². The standard InChI is InChI=1S/C16H26FN/c1-3-4-5-6-7-8-16(18)12-14-9-10-15(17)11-13(14)2/h9-11,16H,3-8,12,18H2,1-2H3. The van der Waals surface area contributed by atoms with Crippen molar-refractivity contribution in [3.63, 3.8) is 0 Å². The lowest BCUT2D eigenvalue weighted by Crippen LogP contribution is -2.23. The molecule has 0 heterocycles. The van der Waals surface area contributed by atoms with Crippen LogP contribution in [0.3, 0.4) is 0 Å². The molecule has 2 N–H and O–H groups in total. The topological polar surface area (TPSA) is 26.0 Å². The van der Waals surface area contributed by atoms with Gasteiger partial charge in [-0.25, -0.2) is 4.39 Å². The van der Waals surface area contributed by atoms with Crippen molar-refractivity contribution in [2.45, 2.75) is 64.8 Å². The molecule has 1 atom stereocenters. The molecule has 0 aromatic heterocycles. The van der Waals surface area contributed by atoms with Crippen LogP contribution in [0.25, 0.3) is 0 Å². The van der Waals surface area contributed by atoms with Gasteiger partial charge in [0.15, 0.2) is 0 Å². The number of hydrogen-bond acceptors (Lipinski definition) is 1. The fourth-order valence-electron chi connectivity index (χ4n) is 2.28. The number of aryl methyl sites for hydroxylation is 1. The Morgan fingerprint density at radius 1 is 1.17 bits per heavy atom. The summed E-state index contributed by atoms with van der Waals surface area (Å²) in [6, 6.07) is 5.18. The quantitative estimate of drug-likeness (QED) is 0.682. The Hall–Kier alpha value is -0.890. The van der Waals surface area contributed by atoms with Gasteiger partial charge in [0.2, 0.25) is 0 Å². The van der Waals surface area contributed by atoms with Crippen LogP contribution in [0.2, 0.25) is 0 Å². The second-order valence-electron chi connectivity index (χ2n) is 5.24. The monoisotopic (exact) mass is 251 g/mol. The molecule has 0 saturated heterocycles. The van der Waals surface area contributed by atoms with Crippen LogP contribution in [0.15, 0.2) is 18.2 Å². The van der Waals surface area contributed by atoms with Gasteiger partial charge < -0.3 is 5.73 Å². The third-order valence-electron chi connectivity index (χ3n) is 3.47. The molecule has 0 bridgehead atoms. The number of halogens is 1. The first-order valence-electron chi connectivity index (χ1n) is 7.14. The van der Waals surface area contributed by atoms with E-state index in [-0.39, 0.29) is 11.9 Å². The lowest BCUT2D eigenvalue weighted by molar-refractivity contribution is 0.537. The molecule has 2 heteroatoms. The number of hydrogen-bond donors (Lipinski definition) is 1. The Labute approximate surface area is 111 Å². The van der Waals surface area contributed by atoms with E-state index in [4.69, 9.17) is 5.73 Å². The predicted octanol–water partition coefficient (Wildman–Crippen LogP) is 4.36. The van der Waals surface area contributed by atoms with Gasteiger partial charge in [-0.3, -0.25) is 0 Å².